The van der Waals surface area contributed by atoms with Gasteiger partial charge < -0.3 is 24.3 Å². The Morgan fingerprint density at radius 3 is 1.80 bits per heavy atom. The van der Waals surface area contributed by atoms with Crippen molar-refractivity contribution in [3.05, 3.63) is 88.8 Å². The Balaban J connectivity index is 0.000000156. The zero-order valence-electron chi connectivity index (χ0n) is 37.6. The summed E-state index contributed by atoms with van der Waals surface area (Å²) in [6.45, 7) is 14.7. The number of likely N-dealkylation sites (tertiary alicyclic amines) is 2. The van der Waals surface area contributed by atoms with Crippen molar-refractivity contribution in [2.45, 2.75) is 103 Å². The molecule has 11 rings (SSSR count). The van der Waals surface area contributed by atoms with Crippen molar-refractivity contribution in [1.29, 1.82) is 0 Å². The smallest absolute Gasteiger partial charge is 0.335 e. The van der Waals surface area contributed by atoms with E-state index in [4.69, 9.17) is 9.47 Å². The minimum Gasteiger partial charge on any atom is -0.381 e. The molecule has 15 heteroatoms. The van der Waals surface area contributed by atoms with Crippen molar-refractivity contribution < 1.29 is 27.5 Å². The highest BCUT2D eigenvalue weighted by Gasteiger charge is 2.34. The number of carbonyl (C=O) groups is 2. The molecule has 0 radical (unpaired) electrons. The third-order valence-electron chi connectivity index (χ3n) is 15.2. The first-order chi connectivity index (χ1) is 31.1. The number of nitrogens with zero attached hydrogens (tertiary/aromatic N) is 7. The van der Waals surface area contributed by atoms with Crippen molar-refractivity contribution in [3.63, 3.8) is 0 Å². The predicted octanol–water partition coefficient (Wildman–Crippen LogP) is 6.47. The van der Waals surface area contributed by atoms with Crippen molar-refractivity contribution in [2.24, 2.45) is 11.8 Å². The van der Waals surface area contributed by atoms with Gasteiger partial charge in [0.05, 0.1) is 5.52 Å². The Hall–Kier alpha value is -4.54. The van der Waals surface area contributed by atoms with Crippen molar-refractivity contribution in [1.82, 2.24) is 37.5 Å². The summed E-state index contributed by atoms with van der Waals surface area (Å²) in [5, 5.41) is 2.09. The minimum atomic E-state index is -3.89. The van der Waals surface area contributed by atoms with Gasteiger partial charge in [-0.2, -0.15) is 8.42 Å². The number of imidazole rings is 1. The zero-order chi connectivity index (χ0) is 44.0. The lowest BCUT2D eigenvalue weighted by Gasteiger charge is -2.37. The second kappa shape index (κ2) is 18.4. The minimum absolute atomic E-state index is 0.0276. The van der Waals surface area contributed by atoms with Crippen molar-refractivity contribution in [3.8, 4) is 0 Å². The summed E-state index contributed by atoms with van der Waals surface area (Å²) in [4.78, 5) is 43.0. The number of aromatic amines is 1. The Morgan fingerprint density at radius 1 is 0.672 bits per heavy atom. The lowest BCUT2D eigenvalue weighted by atomic mass is 9.97. The summed E-state index contributed by atoms with van der Waals surface area (Å²) in [6, 6.07) is 12.8. The quantitative estimate of drug-likeness (QED) is 0.204. The lowest BCUT2D eigenvalue weighted by Crippen LogP contribution is -2.42. The van der Waals surface area contributed by atoms with Crippen LogP contribution in [-0.2, 0) is 45.6 Å². The second-order valence-corrected chi connectivity index (χ2v) is 20.9. The van der Waals surface area contributed by atoms with Gasteiger partial charge >= 0.3 is 10.2 Å². The van der Waals surface area contributed by atoms with E-state index in [0.29, 0.717) is 42.0 Å². The van der Waals surface area contributed by atoms with E-state index in [1.165, 1.54) is 44.9 Å². The molecule has 0 bridgehead atoms. The number of aromatic nitrogens is 4. The van der Waals surface area contributed by atoms with Gasteiger partial charge in [0.15, 0.2) is 0 Å². The fraction of sp³-hybridized carbons (Fsp3) is 0.571. The number of nitrogens with one attached hydrogen (secondary N) is 1. The Labute approximate surface area is 377 Å². The molecule has 5 aromatic rings. The van der Waals surface area contributed by atoms with Gasteiger partial charge in [-0.25, -0.2) is 12.9 Å². The summed E-state index contributed by atoms with van der Waals surface area (Å²) in [7, 11) is -3.89. The van der Waals surface area contributed by atoms with Gasteiger partial charge in [-0.05, 0) is 111 Å². The molecule has 0 unspecified atom stereocenters. The number of rotatable bonds is 6. The highest BCUT2D eigenvalue weighted by Crippen LogP contribution is 2.36. The lowest BCUT2D eigenvalue weighted by molar-refractivity contribution is 0.0290. The van der Waals surface area contributed by atoms with Crippen LogP contribution in [0.15, 0.2) is 55.1 Å². The Bertz CT molecular complexity index is 2580. The van der Waals surface area contributed by atoms with E-state index in [0.717, 1.165) is 162 Å². The second-order valence-electron chi connectivity index (χ2n) is 19.2. The number of piperidine rings is 2. The normalized spacial score (nSPS) is 21.5. The molecule has 0 spiro atoms. The standard InChI is InChI=1S/C26H33N5O4S.C23H31N3O2/c1-19-4-10-28(11-5-19)26(32)20-2-3-24-22(16-20)23-17-29(21-7-14-35-15-8-21)12-6-25(23)31(24)36(33,34)30-13-9-27-18-30;1-16-4-9-25(10-5-16)23(27)17-2-3-21-19(14-17)20-15-26(11-6-22(20)24-21)18-7-12-28-13-8-18/h2-3,9,13,16,18-19,21H,4-8,10-12,14-15,17H2,1H3;2-3,14,16,18,24H,4-13,15H2,1H3. The largest absolute Gasteiger partial charge is 0.381 e. The molecule has 6 aliphatic heterocycles. The number of H-pyrrole nitrogens is 1. The predicted molar refractivity (Wildman–Crippen MR) is 247 cm³/mol. The van der Waals surface area contributed by atoms with E-state index >= 15 is 0 Å². The van der Waals surface area contributed by atoms with Crippen LogP contribution in [0.25, 0.3) is 21.8 Å². The topological polar surface area (TPSA) is 138 Å². The van der Waals surface area contributed by atoms with Gasteiger partial charge in [-0.15, -0.1) is 0 Å². The number of hydrogen-bond acceptors (Lipinski definition) is 9. The van der Waals surface area contributed by atoms with Crippen LogP contribution in [0.4, 0.5) is 0 Å². The van der Waals surface area contributed by atoms with E-state index in [9.17, 15) is 18.0 Å². The molecule has 0 saturated carbocycles. The van der Waals surface area contributed by atoms with Crippen LogP contribution in [0.3, 0.4) is 0 Å². The highest BCUT2D eigenvalue weighted by atomic mass is 32.2. The molecule has 4 fully saturated rings. The zero-order valence-corrected chi connectivity index (χ0v) is 38.4. The van der Waals surface area contributed by atoms with E-state index < -0.39 is 10.2 Å². The first kappa shape index (κ1) is 43.4. The summed E-state index contributed by atoms with van der Waals surface area (Å²) < 4.78 is 41.1. The van der Waals surface area contributed by atoms with Crippen LogP contribution >= 0.6 is 0 Å². The van der Waals surface area contributed by atoms with Crippen molar-refractivity contribution >= 4 is 43.8 Å². The Kier molecular flexibility index (Phi) is 12.5. The molecular weight excluding hydrogens is 829 g/mol. The maximum absolute atomic E-state index is 13.7. The summed E-state index contributed by atoms with van der Waals surface area (Å²) in [5.74, 6) is 1.60. The van der Waals surface area contributed by atoms with Crippen LogP contribution in [0.1, 0.15) is 108 Å². The fourth-order valence-electron chi connectivity index (χ4n) is 11.1. The molecule has 4 saturated heterocycles. The van der Waals surface area contributed by atoms with Gasteiger partial charge in [0.25, 0.3) is 11.8 Å². The average Bonchev–Trinajstić information content (AvgIpc) is 4.09. The molecule has 9 heterocycles. The first-order valence-electron chi connectivity index (χ1n) is 23.9. The van der Waals surface area contributed by atoms with E-state index in [-0.39, 0.29) is 11.8 Å². The van der Waals surface area contributed by atoms with Crippen LogP contribution in [0, 0.1) is 11.8 Å². The first-order valence-corrected chi connectivity index (χ1v) is 25.3. The monoisotopic (exact) mass is 892 g/mol. The maximum atomic E-state index is 13.7. The molecule has 2 aromatic carbocycles. The molecule has 1 N–H and O–H groups in total. The number of ether oxygens (including phenoxy) is 2. The third-order valence-corrected chi connectivity index (χ3v) is 16.8. The third kappa shape index (κ3) is 8.54. The van der Waals surface area contributed by atoms with Crippen LogP contribution in [-0.4, -0.2) is 136 Å². The highest BCUT2D eigenvalue weighted by molar-refractivity contribution is 7.88. The SMILES string of the molecule is CC1CCN(C(=O)c2ccc3[nH]c4c(c3c2)CN(C2CCOCC2)CC4)CC1.CC1CCN(C(=O)c2ccc3c(c2)c2c(n3S(=O)(=O)n3ccnc3)CCN(C3CCOCC3)C2)CC1. The Morgan fingerprint density at radius 2 is 1.22 bits per heavy atom. The number of benzene rings is 2. The molecule has 0 aliphatic carbocycles. The molecule has 14 nitrogen and oxygen atoms in total. The van der Waals surface area contributed by atoms with Gasteiger partial charge in [-0.1, -0.05) is 13.8 Å². The number of fused-ring (bicyclic) bond motifs is 6. The summed E-state index contributed by atoms with van der Waals surface area (Å²) in [6.07, 6.45) is 14.4. The molecule has 64 heavy (non-hydrogen) atoms. The molecule has 6 aliphatic rings. The van der Waals surface area contributed by atoms with Crippen LogP contribution < -0.4 is 0 Å². The molecule has 342 valence electrons. The van der Waals surface area contributed by atoms with Gasteiger partial charge in [0.2, 0.25) is 0 Å². The van der Waals surface area contributed by atoms with E-state index in [2.05, 4.69) is 45.7 Å². The van der Waals surface area contributed by atoms with Crippen molar-refractivity contribution in [2.75, 3.05) is 65.7 Å². The molecule has 2 amide bonds. The maximum Gasteiger partial charge on any atom is 0.335 e. The van der Waals surface area contributed by atoms with Gasteiger partial charge in [0.1, 0.15) is 6.33 Å². The number of hydrogen-bond donors (Lipinski definition) is 1. The van der Waals surface area contributed by atoms with Crippen LogP contribution in [0.5, 0.6) is 0 Å². The van der Waals surface area contributed by atoms with E-state index in [1.54, 1.807) is 12.1 Å². The van der Waals surface area contributed by atoms with E-state index in [1.807, 2.05) is 21.9 Å². The van der Waals surface area contributed by atoms with Gasteiger partial charge in [-0.3, -0.25) is 19.4 Å². The number of amides is 2. The molecular formula is C49H64N8O6S. The van der Waals surface area contributed by atoms with Gasteiger partial charge in [0, 0.05) is 155 Å². The summed E-state index contributed by atoms with van der Waals surface area (Å²) in [5.41, 5.74) is 7.82. The van der Waals surface area contributed by atoms with Crippen LogP contribution in [0.2, 0.25) is 0 Å². The number of carbonyl (C=O) groups excluding carboxylic acids is 2. The summed E-state index contributed by atoms with van der Waals surface area (Å²) >= 11 is 0. The fourth-order valence-corrected chi connectivity index (χ4v) is 12.6. The molecule has 0 atom stereocenters. The average molecular weight is 893 g/mol. The molecule has 3 aromatic heterocycles.